The van der Waals surface area contributed by atoms with E-state index in [1.165, 1.54) is 0 Å². The molecule has 2 amide bonds. The molecule has 3 aromatic rings. The van der Waals surface area contributed by atoms with Crippen molar-refractivity contribution in [1.82, 2.24) is 20.4 Å². The first kappa shape index (κ1) is 23.4. The molecule has 0 radical (unpaired) electrons. The summed E-state index contributed by atoms with van der Waals surface area (Å²) in [7, 11) is 1.63. The van der Waals surface area contributed by atoms with Crippen molar-refractivity contribution in [1.29, 1.82) is 0 Å². The van der Waals surface area contributed by atoms with E-state index in [4.69, 9.17) is 19.0 Å². The van der Waals surface area contributed by atoms with Crippen LogP contribution in [0.4, 0.5) is 4.79 Å². The first-order valence-electron chi connectivity index (χ1n) is 11.6. The van der Waals surface area contributed by atoms with E-state index >= 15 is 0 Å². The number of urea groups is 1. The largest absolute Gasteiger partial charge is 0.497 e. The minimum absolute atomic E-state index is 0.0203. The highest BCUT2D eigenvalue weighted by molar-refractivity contribution is 7.98. The fourth-order valence-corrected chi connectivity index (χ4v) is 4.92. The molecule has 2 atom stereocenters. The van der Waals surface area contributed by atoms with Crippen LogP contribution in [0.3, 0.4) is 0 Å². The van der Waals surface area contributed by atoms with Crippen molar-refractivity contribution in [3.63, 3.8) is 0 Å². The topological polar surface area (TPSA) is 89.7 Å². The van der Waals surface area contributed by atoms with E-state index in [0.29, 0.717) is 18.3 Å². The van der Waals surface area contributed by atoms with Gasteiger partial charge in [-0.15, -0.1) is 11.8 Å². The highest BCUT2D eigenvalue weighted by atomic mass is 32.2. The third-order valence-corrected chi connectivity index (χ3v) is 7.20. The van der Waals surface area contributed by atoms with E-state index in [9.17, 15) is 4.79 Å². The predicted octanol–water partition coefficient (Wildman–Crippen LogP) is 5.14. The molecule has 35 heavy (non-hydrogen) atoms. The molecule has 0 saturated carbocycles. The molecule has 2 aliphatic rings. The Morgan fingerprint density at radius 2 is 1.94 bits per heavy atom. The standard InChI is InChI=1S/C26H28N4O4S/c1-16-22(25-28-24(29-34-25)18-6-10-19(32-2)11-7-18)23(17-8-12-21(35-3)13-9-17)27-26(31)30(16)15-20-5-4-14-33-20/h6-13,20,23H,4-5,14-15H2,1-3H3,(H,27,31). The fourth-order valence-electron chi connectivity index (χ4n) is 4.51. The minimum Gasteiger partial charge on any atom is -0.497 e. The first-order chi connectivity index (χ1) is 17.1. The van der Waals surface area contributed by atoms with E-state index < -0.39 is 6.04 Å². The Labute approximate surface area is 208 Å². The summed E-state index contributed by atoms with van der Waals surface area (Å²) in [4.78, 5) is 20.8. The number of benzene rings is 2. The van der Waals surface area contributed by atoms with Gasteiger partial charge in [0.25, 0.3) is 5.89 Å². The number of nitrogens with zero attached hydrogens (tertiary/aromatic N) is 3. The number of rotatable bonds is 7. The second kappa shape index (κ2) is 10.1. The Kier molecular flexibility index (Phi) is 6.79. The zero-order valence-corrected chi connectivity index (χ0v) is 20.8. The van der Waals surface area contributed by atoms with E-state index in [1.54, 1.807) is 23.8 Å². The number of thioether (sulfide) groups is 1. The van der Waals surface area contributed by atoms with Crippen LogP contribution in [-0.4, -0.2) is 53.7 Å². The van der Waals surface area contributed by atoms with Crippen molar-refractivity contribution >= 4 is 23.4 Å². The summed E-state index contributed by atoms with van der Waals surface area (Å²) in [5, 5.41) is 7.39. The molecule has 2 aromatic carbocycles. The summed E-state index contributed by atoms with van der Waals surface area (Å²) in [6.07, 6.45) is 4.00. The Hall–Kier alpha value is -3.30. The van der Waals surface area contributed by atoms with Crippen molar-refractivity contribution in [2.75, 3.05) is 26.5 Å². The van der Waals surface area contributed by atoms with Gasteiger partial charge < -0.3 is 19.3 Å². The van der Waals surface area contributed by atoms with Crippen LogP contribution in [0, 0.1) is 0 Å². The smallest absolute Gasteiger partial charge is 0.322 e. The van der Waals surface area contributed by atoms with Gasteiger partial charge in [-0.05, 0) is 68.0 Å². The van der Waals surface area contributed by atoms with Crippen molar-refractivity contribution in [2.24, 2.45) is 0 Å². The number of aromatic nitrogens is 2. The lowest BCUT2D eigenvalue weighted by molar-refractivity contribution is 0.0877. The van der Waals surface area contributed by atoms with Crippen LogP contribution in [-0.2, 0) is 4.74 Å². The normalized spacial score (nSPS) is 20.3. The van der Waals surface area contributed by atoms with Gasteiger partial charge in [0, 0.05) is 22.8 Å². The molecular formula is C26H28N4O4S. The number of hydrogen-bond donors (Lipinski definition) is 1. The van der Waals surface area contributed by atoms with Crippen LogP contribution in [0.1, 0.15) is 37.3 Å². The van der Waals surface area contributed by atoms with Gasteiger partial charge in [-0.1, -0.05) is 17.3 Å². The molecule has 0 aliphatic carbocycles. The molecule has 0 bridgehead atoms. The number of carbonyl (C=O) groups excluding carboxylic acids is 1. The second-order valence-corrected chi connectivity index (χ2v) is 9.43. The van der Waals surface area contributed by atoms with Gasteiger partial charge in [-0.3, -0.25) is 4.90 Å². The molecule has 5 rings (SSSR count). The van der Waals surface area contributed by atoms with Crippen molar-refractivity contribution in [3.05, 3.63) is 65.7 Å². The molecule has 8 nitrogen and oxygen atoms in total. The first-order valence-corrected chi connectivity index (χ1v) is 12.8. The molecule has 1 aromatic heterocycles. The van der Waals surface area contributed by atoms with Crippen LogP contribution in [0.15, 0.2) is 63.6 Å². The Bertz CT molecular complexity index is 1220. The van der Waals surface area contributed by atoms with Crippen LogP contribution in [0.25, 0.3) is 17.0 Å². The second-order valence-electron chi connectivity index (χ2n) is 8.55. The summed E-state index contributed by atoms with van der Waals surface area (Å²) >= 11 is 1.67. The number of carbonyl (C=O) groups is 1. The SMILES string of the molecule is COc1ccc(-c2noc(C3=C(C)N(CC4CCCO4)C(=O)NC3c3ccc(SC)cc3)n2)cc1. The average molecular weight is 493 g/mol. The lowest BCUT2D eigenvalue weighted by Crippen LogP contribution is -2.48. The Morgan fingerprint density at radius 1 is 1.17 bits per heavy atom. The van der Waals surface area contributed by atoms with E-state index in [2.05, 4.69) is 22.6 Å². The lowest BCUT2D eigenvalue weighted by atomic mass is 9.94. The number of nitrogens with one attached hydrogen (secondary N) is 1. The molecule has 182 valence electrons. The number of amides is 2. The summed E-state index contributed by atoms with van der Waals surface area (Å²) in [6.45, 7) is 3.15. The zero-order valence-electron chi connectivity index (χ0n) is 20.0. The van der Waals surface area contributed by atoms with Crippen molar-refractivity contribution in [2.45, 2.75) is 36.8 Å². The van der Waals surface area contributed by atoms with Crippen LogP contribution >= 0.6 is 11.8 Å². The van der Waals surface area contributed by atoms with Crippen LogP contribution in [0.5, 0.6) is 5.75 Å². The Morgan fingerprint density at radius 3 is 2.60 bits per heavy atom. The quantitative estimate of drug-likeness (QED) is 0.457. The van der Waals surface area contributed by atoms with Gasteiger partial charge in [0.2, 0.25) is 5.82 Å². The molecule has 1 saturated heterocycles. The number of hydrogen-bond acceptors (Lipinski definition) is 7. The highest BCUT2D eigenvalue weighted by Crippen LogP contribution is 2.38. The third kappa shape index (κ3) is 4.78. The van der Waals surface area contributed by atoms with Crippen molar-refractivity contribution < 1.29 is 18.8 Å². The average Bonchev–Trinajstić information content (AvgIpc) is 3.59. The molecule has 1 fully saturated rings. The van der Waals surface area contributed by atoms with Crippen LogP contribution in [0.2, 0.25) is 0 Å². The van der Waals surface area contributed by atoms with Crippen molar-refractivity contribution in [3.8, 4) is 17.1 Å². The minimum atomic E-state index is -0.414. The fraction of sp³-hybridized carbons (Fsp3) is 0.346. The van der Waals surface area contributed by atoms with Gasteiger partial charge in [0.15, 0.2) is 0 Å². The zero-order chi connectivity index (χ0) is 24.4. The maximum absolute atomic E-state index is 13.2. The summed E-state index contributed by atoms with van der Waals surface area (Å²) < 4.78 is 16.8. The summed E-state index contributed by atoms with van der Waals surface area (Å²) in [5.41, 5.74) is 3.34. The molecule has 3 heterocycles. The van der Waals surface area contributed by atoms with E-state index in [-0.39, 0.29) is 12.1 Å². The molecular weight excluding hydrogens is 464 g/mol. The number of methoxy groups -OCH3 is 1. The molecule has 0 spiro atoms. The maximum Gasteiger partial charge on any atom is 0.322 e. The monoisotopic (exact) mass is 492 g/mol. The number of allylic oxidation sites excluding steroid dienone is 1. The number of ether oxygens (including phenoxy) is 2. The molecule has 9 heteroatoms. The third-order valence-electron chi connectivity index (χ3n) is 6.46. The van der Waals surface area contributed by atoms with Gasteiger partial charge >= 0.3 is 6.03 Å². The predicted molar refractivity (Wildman–Crippen MR) is 134 cm³/mol. The maximum atomic E-state index is 13.2. The van der Waals surface area contributed by atoms with Gasteiger partial charge in [0.05, 0.1) is 31.4 Å². The lowest BCUT2D eigenvalue weighted by Gasteiger charge is -2.36. The summed E-state index contributed by atoms with van der Waals surface area (Å²) in [6, 6.07) is 15.1. The molecule has 2 unspecified atom stereocenters. The highest BCUT2D eigenvalue weighted by Gasteiger charge is 2.37. The molecule has 1 N–H and O–H groups in total. The Balaban J connectivity index is 1.54. The van der Waals surface area contributed by atoms with E-state index in [1.807, 2.05) is 49.6 Å². The summed E-state index contributed by atoms with van der Waals surface area (Å²) in [5.74, 6) is 1.61. The van der Waals surface area contributed by atoms with Gasteiger partial charge in [0.1, 0.15) is 5.75 Å². The van der Waals surface area contributed by atoms with Gasteiger partial charge in [-0.2, -0.15) is 4.98 Å². The molecule has 2 aliphatic heterocycles. The van der Waals surface area contributed by atoms with Gasteiger partial charge in [-0.25, -0.2) is 4.79 Å². The van der Waals surface area contributed by atoms with Crippen LogP contribution < -0.4 is 10.1 Å². The van der Waals surface area contributed by atoms with E-state index in [0.717, 1.165) is 52.5 Å².